The maximum atomic E-state index is 5.41. The standard InChI is InChI=1S/C16H23N3O/c1-2-8-19-15-6-4-3-5-14(15)18-16(19)11-17-10-13-7-9-20-12-13/h3-6,13,17H,2,7-12H2,1H3. The van der Waals surface area contributed by atoms with Crippen molar-refractivity contribution in [1.82, 2.24) is 14.9 Å². The summed E-state index contributed by atoms with van der Waals surface area (Å²) in [5.41, 5.74) is 2.34. The van der Waals surface area contributed by atoms with Gasteiger partial charge in [0.25, 0.3) is 0 Å². The second-order valence-corrected chi connectivity index (χ2v) is 5.53. The number of imidazole rings is 1. The van der Waals surface area contributed by atoms with Gasteiger partial charge < -0.3 is 14.6 Å². The van der Waals surface area contributed by atoms with Crippen molar-refractivity contribution in [3.63, 3.8) is 0 Å². The molecule has 1 N–H and O–H groups in total. The molecule has 1 unspecified atom stereocenters. The van der Waals surface area contributed by atoms with Crippen molar-refractivity contribution in [3.8, 4) is 0 Å². The van der Waals surface area contributed by atoms with Gasteiger partial charge in [0.1, 0.15) is 5.82 Å². The van der Waals surface area contributed by atoms with Gasteiger partial charge >= 0.3 is 0 Å². The first-order valence-corrected chi connectivity index (χ1v) is 7.61. The summed E-state index contributed by atoms with van der Waals surface area (Å²) >= 11 is 0. The van der Waals surface area contributed by atoms with E-state index in [0.717, 1.165) is 50.6 Å². The predicted octanol–water partition coefficient (Wildman–Crippen LogP) is 2.57. The number of nitrogens with one attached hydrogen (secondary N) is 1. The summed E-state index contributed by atoms with van der Waals surface area (Å²) in [7, 11) is 0. The molecule has 4 heteroatoms. The Balaban J connectivity index is 1.70. The van der Waals surface area contributed by atoms with Gasteiger partial charge in [-0.15, -0.1) is 0 Å². The Labute approximate surface area is 120 Å². The zero-order chi connectivity index (χ0) is 13.8. The Morgan fingerprint density at radius 2 is 2.30 bits per heavy atom. The third-order valence-corrected chi connectivity index (χ3v) is 3.92. The first-order chi connectivity index (χ1) is 9.88. The molecule has 1 atom stereocenters. The van der Waals surface area contributed by atoms with Crippen LogP contribution in [0.15, 0.2) is 24.3 Å². The third-order valence-electron chi connectivity index (χ3n) is 3.92. The number of para-hydroxylation sites is 2. The summed E-state index contributed by atoms with van der Waals surface area (Å²) in [4.78, 5) is 4.76. The van der Waals surface area contributed by atoms with Crippen LogP contribution in [0.25, 0.3) is 11.0 Å². The van der Waals surface area contributed by atoms with Gasteiger partial charge in [-0.05, 0) is 30.9 Å². The van der Waals surface area contributed by atoms with Crippen molar-refractivity contribution in [2.24, 2.45) is 5.92 Å². The highest BCUT2D eigenvalue weighted by Gasteiger charge is 2.15. The number of aryl methyl sites for hydroxylation is 1. The van der Waals surface area contributed by atoms with Crippen LogP contribution in [0.2, 0.25) is 0 Å². The van der Waals surface area contributed by atoms with E-state index < -0.39 is 0 Å². The Bertz CT molecular complexity index is 558. The molecule has 2 aromatic rings. The Kier molecular flexibility index (Phi) is 4.33. The fourth-order valence-electron chi connectivity index (χ4n) is 2.87. The lowest BCUT2D eigenvalue weighted by Gasteiger charge is -2.11. The Hall–Kier alpha value is -1.39. The Morgan fingerprint density at radius 3 is 3.10 bits per heavy atom. The van der Waals surface area contributed by atoms with Crippen LogP contribution in [0.4, 0.5) is 0 Å². The van der Waals surface area contributed by atoms with Gasteiger partial charge in [0, 0.05) is 19.7 Å². The SMILES string of the molecule is CCCn1c(CNCC2CCOC2)nc2ccccc21. The van der Waals surface area contributed by atoms with Crippen LogP contribution in [-0.2, 0) is 17.8 Å². The van der Waals surface area contributed by atoms with Gasteiger partial charge in [0.15, 0.2) is 0 Å². The summed E-state index contributed by atoms with van der Waals surface area (Å²) in [5.74, 6) is 1.81. The average molecular weight is 273 g/mol. The number of fused-ring (bicyclic) bond motifs is 1. The van der Waals surface area contributed by atoms with E-state index in [1.165, 1.54) is 11.9 Å². The van der Waals surface area contributed by atoms with Crippen molar-refractivity contribution in [3.05, 3.63) is 30.1 Å². The van der Waals surface area contributed by atoms with E-state index in [2.05, 4.69) is 41.1 Å². The summed E-state index contributed by atoms with van der Waals surface area (Å²) < 4.78 is 7.75. The fraction of sp³-hybridized carbons (Fsp3) is 0.562. The lowest BCUT2D eigenvalue weighted by atomic mass is 10.1. The molecule has 0 saturated carbocycles. The number of nitrogens with zero attached hydrogens (tertiary/aromatic N) is 2. The van der Waals surface area contributed by atoms with Crippen molar-refractivity contribution in [2.45, 2.75) is 32.9 Å². The smallest absolute Gasteiger partial charge is 0.123 e. The van der Waals surface area contributed by atoms with E-state index in [-0.39, 0.29) is 0 Å². The van der Waals surface area contributed by atoms with Gasteiger partial charge in [0.2, 0.25) is 0 Å². The molecule has 1 aromatic carbocycles. The molecule has 2 heterocycles. The first kappa shape index (κ1) is 13.6. The third kappa shape index (κ3) is 2.86. The Morgan fingerprint density at radius 1 is 1.40 bits per heavy atom. The molecule has 1 aromatic heterocycles. The minimum Gasteiger partial charge on any atom is -0.381 e. The largest absolute Gasteiger partial charge is 0.381 e. The first-order valence-electron chi connectivity index (χ1n) is 7.61. The minimum absolute atomic E-state index is 0.666. The number of hydrogen-bond acceptors (Lipinski definition) is 3. The van der Waals surface area contributed by atoms with E-state index in [1.807, 2.05) is 0 Å². The molecular weight excluding hydrogens is 250 g/mol. The molecule has 1 saturated heterocycles. The highest BCUT2D eigenvalue weighted by molar-refractivity contribution is 5.75. The normalized spacial score (nSPS) is 18.9. The molecule has 3 rings (SSSR count). The lowest BCUT2D eigenvalue weighted by Crippen LogP contribution is -2.24. The van der Waals surface area contributed by atoms with Crippen LogP contribution < -0.4 is 5.32 Å². The van der Waals surface area contributed by atoms with Crippen LogP contribution in [0.3, 0.4) is 0 Å². The fourth-order valence-corrected chi connectivity index (χ4v) is 2.87. The molecule has 20 heavy (non-hydrogen) atoms. The topological polar surface area (TPSA) is 39.1 Å². The molecule has 1 aliphatic heterocycles. The molecule has 0 radical (unpaired) electrons. The minimum atomic E-state index is 0.666. The maximum Gasteiger partial charge on any atom is 0.123 e. The number of benzene rings is 1. The number of ether oxygens (including phenoxy) is 1. The van der Waals surface area contributed by atoms with Gasteiger partial charge in [-0.3, -0.25) is 0 Å². The second-order valence-electron chi connectivity index (χ2n) is 5.53. The summed E-state index contributed by atoms with van der Waals surface area (Å²) in [6.07, 6.45) is 2.31. The second kappa shape index (κ2) is 6.37. The number of aromatic nitrogens is 2. The van der Waals surface area contributed by atoms with Crippen LogP contribution >= 0.6 is 0 Å². The van der Waals surface area contributed by atoms with Crippen LogP contribution in [0, 0.1) is 5.92 Å². The molecule has 1 aliphatic rings. The van der Waals surface area contributed by atoms with Gasteiger partial charge in [-0.2, -0.15) is 0 Å². The molecule has 0 spiro atoms. The van der Waals surface area contributed by atoms with Crippen molar-refractivity contribution < 1.29 is 4.74 Å². The van der Waals surface area contributed by atoms with E-state index in [0.29, 0.717) is 5.92 Å². The van der Waals surface area contributed by atoms with E-state index >= 15 is 0 Å². The van der Waals surface area contributed by atoms with Crippen molar-refractivity contribution in [1.29, 1.82) is 0 Å². The van der Waals surface area contributed by atoms with Crippen LogP contribution in [-0.4, -0.2) is 29.3 Å². The van der Waals surface area contributed by atoms with Crippen LogP contribution in [0.1, 0.15) is 25.6 Å². The molecule has 1 fully saturated rings. The predicted molar refractivity (Wildman–Crippen MR) is 80.7 cm³/mol. The molecule has 0 amide bonds. The van der Waals surface area contributed by atoms with Crippen molar-refractivity contribution in [2.75, 3.05) is 19.8 Å². The molecular formula is C16H23N3O. The van der Waals surface area contributed by atoms with Gasteiger partial charge in [-0.1, -0.05) is 19.1 Å². The number of hydrogen-bond donors (Lipinski definition) is 1. The van der Waals surface area contributed by atoms with Gasteiger partial charge in [-0.25, -0.2) is 4.98 Å². The number of rotatable bonds is 6. The van der Waals surface area contributed by atoms with E-state index in [4.69, 9.17) is 9.72 Å². The summed E-state index contributed by atoms with van der Waals surface area (Å²) in [6.45, 7) is 6.92. The van der Waals surface area contributed by atoms with E-state index in [9.17, 15) is 0 Å². The molecule has 4 nitrogen and oxygen atoms in total. The van der Waals surface area contributed by atoms with E-state index in [1.54, 1.807) is 0 Å². The quantitative estimate of drug-likeness (QED) is 0.879. The zero-order valence-corrected chi connectivity index (χ0v) is 12.1. The molecule has 108 valence electrons. The maximum absolute atomic E-state index is 5.41. The monoisotopic (exact) mass is 273 g/mol. The average Bonchev–Trinajstić information content (AvgIpc) is 3.08. The van der Waals surface area contributed by atoms with Gasteiger partial charge in [0.05, 0.1) is 24.2 Å². The summed E-state index contributed by atoms with van der Waals surface area (Å²) in [6, 6.07) is 8.39. The van der Waals surface area contributed by atoms with Crippen molar-refractivity contribution >= 4 is 11.0 Å². The highest BCUT2D eigenvalue weighted by Crippen LogP contribution is 2.17. The summed E-state index contributed by atoms with van der Waals surface area (Å²) in [5, 5.41) is 3.54. The lowest BCUT2D eigenvalue weighted by molar-refractivity contribution is 0.185. The zero-order valence-electron chi connectivity index (χ0n) is 12.1. The molecule has 0 aliphatic carbocycles. The van der Waals surface area contributed by atoms with Crippen LogP contribution in [0.5, 0.6) is 0 Å². The molecule has 0 bridgehead atoms. The highest BCUT2D eigenvalue weighted by atomic mass is 16.5.